The number of nitrogens with two attached hydrogens (primary N) is 1. The minimum atomic E-state index is -0.256. The smallest absolute Gasteiger partial charge is 0.137 e. The van der Waals surface area contributed by atoms with E-state index in [0.29, 0.717) is 12.3 Å². The molecule has 0 saturated carbocycles. The lowest BCUT2D eigenvalue weighted by Crippen LogP contribution is -2.22. The fourth-order valence-electron chi connectivity index (χ4n) is 2.23. The zero-order chi connectivity index (χ0) is 11.8. The van der Waals surface area contributed by atoms with Crippen LogP contribution in [0.15, 0.2) is 42.5 Å². The van der Waals surface area contributed by atoms with Crippen LogP contribution in [-0.4, -0.2) is 6.54 Å². The predicted molar refractivity (Wildman–Crippen MR) is 64.3 cm³/mol. The van der Waals surface area contributed by atoms with Crippen molar-refractivity contribution < 1.29 is 9.13 Å². The van der Waals surface area contributed by atoms with Crippen molar-refractivity contribution in [3.63, 3.8) is 0 Å². The Morgan fingerprint density at radius 2 is 1.94 bits per heavy atom. The molecule has 0 saturated heterocycles. The summed E-state index contributed by atoms with van der Waals surface area (Å²) in [5, 5.41) is 0. The molecule has 1 aliphatic rings. The van der Waals surface area contributed by atoms with Crippen LogP contribution < -0.4 is 10.5 Å². The number of benzene rings is 2. The number of hydrogen-bond acceptors (Lipinski definition) is 2. The van der Waals surface area contributed by atoms with Crippen molar-refractivity contribution in [2.45, 2.75) is 6.10 Å². The molecule has 1 heterocycles. The van der Waals surface area contributed by atoms with Crippen molar-refractivity contribution in [2.24, 2.45) is 5.73 Å². The minimum absolute atomic E-state index is 0.149. The summed E-state index contributed by atoms with van der Waals surface area (Å²) in [4.78, 5) is 0. The Morgan fingerprint density at radius 1 is 1.12 bits per heavy atom. The van der Waals surface area contributed by atoms with Gasteiger partial charge in [0.15, 0.2) is 0 Å². The Bertz CT molecular complexity index is 568. The van der Waals surface area contributed by atoms with Gasteiger partial charge in [0.05, 0.1) is 0 Å². The number of ether oxygens (including phenoxy) is 1. The summed E-state index contributed by atoms with van der Waals surface area (Å²) in [6, 6.07) is 12.4. The van der Waals surface area contributed by atoms with Gasteiger partial charge in [-0.25, -0.2) is 4.39 Å². The summed E-state index contributed by atoms with van der Waals surface area (Å²) in [6.07, 6.45) is -0.149. The number of halogens is 1. The standard InChI is InChI=1S/C14H12FNO/c15-9-5-6-13-12(7-9)10-3-1-2-4-11(10)14(8-16)17-13/h1-7,14H,8,16H2. The summed E-state index contributed by atoms with van der Waals surface area (Å²) < 4.78 is 19.1. The lowest BCUT2D eigenvalue weighted by atomic mass is 9.93. The predicted octanol–water partition coefficient (Wildman–Crippen LogP) is 2.88. The molecule has 0 radical (unpaired) electrons. The first-order valence-corrected chi connectivity index (χ1v) is 5.55. The van der Waals surface area contributed by atoms with Crippen LogP contribution in [0.5, 0.6) is 5.75 Å². The largest absolute Gasteiger partial charge is 0.484 e. The van der Waals surface area contributed by atoms with Crippen molar-refractivity contribution in [3.8, 4) is 16.9 Å². The van der Waals surface area contributed by atoms with E-state index in [4.69, 9.17) is 10.5 Å². The Labute approximate surface area is 98.8 Å². The van der Waals surface area contributed by atoms with Crippen LogP contribution in [-0.2, 0) is 0 Å². The molecule has 1 aliphatic heterocycles. The third kappa shape index (κ3) is 1.59. The van der Waals surface area contributed by atoms with Gasteiger partial charge in [0.2, 0.25) is 0 Å². The zero-order valence-electron chi connectivity index (χ0n) is 9.19. The molecule has 2 nitrogen and oxygen atoms in total. The van der Waals surface area contributed by atoms with Gasteiger partial charge >= 0.3 is 0 Å². The average molecular weight is 229 g/mol. The van der Waals surface area contributed by atoms with Crippen LogP contribution in [0.25, 0.3) is 11.1 Å². The van der Waals surface area contributed by atoms with Gasteiger partial charge < -0.3 is 10.5 Å². The molecular formula is C14H12FNO. The molecule has 0 amide bonds. The molecule has 3 rings (SSSR count). The first-order chi connectivity index (χ1) is 8.29. The summed E-state index contributed by atoms with van der Waals surface area (Å²) in [5.74, 6) is 0.439. The zero-order valence-corrected chi connectivity index (χ0v) is 9.19. The molecule has 86 valence electrons. The highest BCUT2D eigenvalue weighted by molar-refractivity contribution is 5.75. The second kappa shape index (κ2) is 3.86. The van der Waals surface area contributed by atoms with Crippen LogP contribution in [0.1, 0.15) is 11.7 Å². The topological polar surface area (TPSA) is 35.2 Å². The van der Waals surface area contributed by atoms with Crippen molar-refractivity contribution >= 4 is 0 Å². The molecule has 0 aromatic heterocycles. The van der Waals surface area contributed by atoms with Gasteiger partial charge in [-0.2, -0.15) is 0 Å². The van der Waals surface area contributed by atoms with E-state index in [1.165, 1.54) is 12.1 Å². The third-order valence-corrected chi connectivity index (χ3v) is 3.02. The molecule has 0 bridgehead atoms. The Morgan fingerprint density at radius 3 is 2.76 bits per heavy atom. The monoisotopic (exact) mass is 229 g/mol. The maximum Gasteiger partial charge on any atom is 0.137 e. The van der Waals surface area contributed by atoms with Crippen LogP contribution in [0.3, 0.4) is 0 Å². The Hall–Kier alpha value is -1.87. The van der Waals surface area contributed by atoms with Gasteiger partial charge in [-0.05, 0) is 23.8 Å². The average Bonchev–Trinajstić information content (AvgIpc) is 2.38. The van der Waals surface area contributed by atoms with Gasteiger partial charge in [0.1, 0.15) is 17.7 Å². The Kier molecular flexibility index (Phi) is 2.34. The second-order valence-corrected chi connectivity index (χ2v) is 4.07. The maximum atomic E-state index is 13.3. The molecule has 2 N–H and O–H groups in total. The number of hydrogen-bond donors (Lipinski definition) is 1. The van der Waals surface area contributed by atoms with E-state index >= 15 is 0 Å². The first kappa shape index (κ1) is 10.3. The normalized spacial score (nSPS) is 16.9. The minimum Gasteiger partial charge on any atom is -0.484 e. The quantitative estimate of drug-likeness (QED) is 0.816. The molecular weight excluding hydrogens is 217 g/mol. The van der Waals surface area contributed by atoms with E-state index < -0.39 is 0 Å². The maximum absolute atomic E-state index is 13.3. The first-order valence-electron chi connectivity index (χ1n) is 5.55. The van der Waals surface area contributed by atoms with Gasteiger partial charge in [0, 0.05) is 17.7 Å². The van der Waals surface area contributed by atoms with Crippen LogP contribution in [0.2, 0.25) is 0 Å². The van der Waals surface area contributed by atoms with Crippen molar-refractivity contribution in [1.82, 2.24) is 0 Å². The fourth-order valence-corrected chi connectivity index (χ4v) is 2.23. The van der Waals surface area contributed by atoms with Crippen LogP contribution in [0, 0.1) is 5.82 Å². The lowest BCUT2D eigenvalue weighted by Gasteiger charge is -2.27. The third-order valence-electron chi connectivity index (χ3n) is 3.02. The molecule has 0 spiro atoms. The van der Waals surface area contributed by atoms with E-state index in [2.05, 4.69) is 0 Å². The molecule has 3 heteroatoms. The molecule has 0 aliphatic carbocycles. The van der Waals surface area contributed by atoms with E-state index in [1.807, 2.05) is 24.3 Å². The summed E-state index contributed by atoms with van der Waals surface area (Å²) in [5.41, 5.74) is 8.53. The molecule has 0 fully saturated rings. The molecule has 17 heavy (non-hydrogen) atoms. The van der Waals surface area contributed by atoms with Gasteiger partial charge in [-0.15, -0.1) is 0 Å². The molecule has 2 aromatic rings. The SMILES string of the molecule is NCC1Oc2ccc(F)cc2-c2ccccc21. The molecule has 1 atom stereocenters. The van der Waals surface area contributed by atoms with Crippen LogP contribution in [0.4, 0.5) is 4.39 Å². The number of rotatable bonds is 1. The van der Waals surface area contributed by atoms with Crippen molar-refractivity contribution in [1.29, 1.82) is 0 Å². The van der Waals surface area contributed by atoms with E-state index in [1.54, 1.807) is 6.07 Å². The molecule has 1 unspecified atom stereocenters. The summed E-state index contributed by atoms with van der Waals surface area (Å²) >= 11 is 0. The fraction of sp³-hybridized carbons (Fsp3) is 0.143. The van der Waals surface area contributed by atoms with Crippen LogP contribution >= 0.6 is 0 Å². The van der Waals surface area contributed by atoms with E-state index in [0.717, 1.165) is 16.7 Å². The highest BCUT2D eigenvalue weighted by Crippen LogP contribution is 2.41. The van der Waals surface area contributed by atoms with Gasteiger partial charge in [0.25, 0.3) is 0 Å². The van der Waals surface area contributed by atoms with Gasteiger partial charge in [-0.3, -0.25) is 0 Å². The lowest BCUT2D eigenvalue weighted by molar-refractivity contribution is 0.210. The molecule has 2 aromatic carbocycles. The number of fused-ring (bicyclic) bond motifs is 3. The highest BCUT2D eigenvalue weighted by atomic mass is 19.1. The highest BCUT2D eigenvalue weighted by Gasteiger charge is 2.24. The summed E-state index contributed by atoms with van der Waals surface area (Å²) in [6.45, 7) is 0.411. The van der Waals surface area contributed by atoms with Crippen molar-refractivity contribution in [2.75, 3.05) is 6.54 Å². The van der Waals surface area contributed by atoms with Crippen molar-refractivity contribution in [3.05, 3.63) is 53.8 Å². The second-order valence-electron chi connectivity index (χ2n) is 4.07. The van der Waals surface area contributed by atoms with E-state index in [-0.39, 0.29) is 11.9 Å². The summed E-state index contributed by atoms with van der Waals surface area (Å²) in [7, 11) is 0. The Balaban J connectivity index is 2.24. The van der Waals surface area contributed by atoms with Gasteiger partial charge in [-0.1, -0.05) is 24.3 Å². The van der Waals surface area contributed by atoms with E-state index in [9.17, 15) is 4.39 Å².